The van der Waals surface area contributed by atoms with Crippen molar-refractivity contribution < 1.29 is 0 Å². The second-order valence-corrected chi connectivity index (χ2v) is 9.61. The van der Waals surface area contributed by atoms with Gasteiger partial charge in [0.25, 0.3) is 0 Å². The first kappa shape index (κ1) is 20.4. The molecule has 1 aliphatic carbocycles. The van der Waals surface area contributed by atoms with E-state index in [2.05, 4.69) is 92.5 Å². The molecule has 35 heavy (non-hydrogen) atoms. The summed E-state index contributed by atoms with van der Waals surface area (Å²) in [6.07, 6.45) is 4.65. The lowest BCUT2D eigenvalue weighted by Gasteiger charge is -2.34. The standard InChI is InChI=1S/C28H27N7/c1-33-12-14-34(15-13-33)23-10-8-22(9-11-23)31-28-29-17-21-18-30-35(27(21)32-28)25-16-20-6-2-4-19-5-3-7-24(25)26(19)20/h2-11,17-18,25H,12-16H2,1H3,(H,29,31,32)/t25-/m0/s1. The Morgan fingerprint density at radius 2 is 1.66 bits per heavy atom. The number of likely N-dealkylation sites (N-methyl/N-ethyl adjacent to an activating group) is 1. The Bertz CT molecular complexity index is 1530. The fraction of sp³-hybridized carbons (Fsp3) is 0.250. The molecule has 0 radical (unpaired) electrons. The summed E-state index contributed by atoms with van der Waals surface area (Å²) in [7, 11) is 2.18. The van der Waals surface area contributed by atoms with Crippen molar-refractivity contribution in [2.24, 2.45) is 0 Å². The molecule has 1 N–H and O–H groups in total. The Balaban J connectivity index is 1.17. The highest BCUT2D eigenvalue weighted by atomic mass is 15.3. The van der Waals surface area contributed by atoms with E-state index in [9.17, 15) is 0 Å². The van der Waals surface area contributed by atoms with Gasteiger partial charge in [0, 0.05) is 43.8 Å². The van der Waals surface area contributed by atoms with Gasteiger partial charge in [-0.3, -0.25) is 0 Å². The summed E-state index contributed by atoms with van der Waals surface area (Å²) in [5.41, 5.74) is 5.78. The van der Waals surface area contributed by atoms with Crippen molar-refractivity contribution in [3.05, 3.63) is 84.2 Å². The average Bonchev–Trinajstić information content (AvgIpc) is 3.48. The van der Waals surface area contributed by atoms with Gasteiger partial charge >= 0.3 is 0 Å². The van der Waals surface area contributed by atoms with E-state index in [1.165, 1.54) is 27.6 Å². The SMILES string of the molecule is CN1CCN(c2ccc(Nc3ncc4cnn([C@H]5Cc6cccc7cccc5c67)c4n3)cc2)CC1. The monoisotopic (exact) mass is 461 g/mol. The molecule has 7 nitrogen and oxygen atoms in total. The quantitative estimate of drug-likeness (QED) is 0.421. The number of nitrogens with zero attached hydrogens (tertiary/aromatic N) is 6. The maximum absolute atomic E-state index is 4.88. The van der Waals surface area contributed by atoms with Crippen molar-refractivity contribution in [2.45, 2.75) is 12.5 Å². The van der Waals surface area contributed by atoms with Crippen LogP contribution in [0, 0.1) is 0 Å². The molecular formula is C28H27N7. The number of hydrogen-bond acceptors (Lipinski definition) is 6. The number of hydrogen-bond donors (Lipinski definition) is 1. The Labute approximate surface area is 204 Å². The molecule has 0 unspecified atom stereocenters. The maximum atomic E-state index is 4.88. The predicted octanol–water partition coefficient (Wildman–Crippen LogP) is 4.62. The predicted molar refractivity (Wildman–Crippen MR) is 141 cm³/mol. The van der Waals surface area contributed by atoms with E-state index in [0.29, 0.717) is 5.95 Å². The smallest absolute Gasteiger partial charge is 0.229 e. The van der Waals surface area contributed by atoms with Crippen molar-refractivity contribution in [3.63, 3.8) is 0 Å². The molecule has 1 saturated heterocycles. The first-order chi connectivity index (χ1) is 17.2. The van der Waals surface area contributed by atoms with Crippen LogP contribution in [0.1, 0.15) is 17.2 Å². The molecule has 174 valence electrons. The van der Waals surface area contributed by atoms with Crippen LogP contribution in [0.3, 0.4) is 0 Å². The molecule has 3 heterocycles. The van der Waals surface area contributed by atoms with Gasteiger partial charge in [-0.2, -0.15) is 10.1 Å². The van der Waals surface area contributed by atoms with Crippen LogP contribution in [0.2, 0.25) is 0 Å². The van der Waals surface area contributed by atoms with Gasteiger partial charge in [-0.25, -0.2) is 9.67 Å². The number of piperazine rings is 1. The summed E-state index contributed by atoms with van der Waals surface area (Å²) in [5, 5.41) is 11.7. The highest BCUT2D eigenvalue weighted by Gasteiger charge is 2.27. The summed E-state index contributed by atoms with van der Waals surface area (Å²) in [6, 6.07) is 21.8. The van der Waals surface area contributed by atoms with Crippen molar-refractivity contribution in [3.8, 4) is 0 Å². The van der Waals surface area contributed by atoms with Gasteiger partial charge in [0.2, 0.25) is 5.95 Å². The summed E-state index contributed by atoms with van der Waals surface area (Å²) < 4.78 is 2.06. The number of aromatic nitrogens is 4. The summed E-state index contributed by atoms with van der Waals surface area (Å²) in [4.78, 5) is 14.2. The van der Waals surface area contributed by atoms with Gasteiger partial charge in [-0.15, -0.1) is 0 Å². The van der Waals surface area contributed by atoms with Crippen LogP contribution in [0.15, 0.2) is 73.1 Å². The molecule has 2 aliphatic rings. The average molecular weight is 462 g/mol. The molecule has 1 aliphatic heterocycles. The normalized spacial score (nSPS) is 18.0. The molecule has 7 rings (SSSR count). The van der Waals surface area contributed by atoms with E-state index in [1.54, 1.807) is 0 Å². The molecular weight excluding hydrogens is 434 g/mol. The van der Waals surface area contributed by atoms with Gasteiger partial charge in [-0.05, 0) is 59.6 Å². The first-order valence-corrected chi connectivity index (χ1v) is 12.2. The zero-order chi connectivity index (χ0) is 23.4. The molecule has 0 spiro atoms. The van der Waals surface area contributed by atoms with E-state index in [0.717, 1.165) is 49.3 Å². The summed E-state index contributed by atoms with van der Waals surface area (Å²) >= 11 is 0. The molecule has 0 bridgehead atoms. The van der Waals surface area contributed by atoms with Crippen LogP contribution in [-0.4, -0.2) is 57.9 Å². The van der Waals surface area contributed by atoms with E-state index in [1.807, 2.05) is 12.4 Å². The van der Waals surface area contributed by atoms with Gasteiger partial charge in [0.1, 0.15) is 0 Å². The van der Waals surface area contributed by atoms with Crippen LogP contribution < -0.4 is 10.2 Å². The molecule has 2 aromatic heterocycles. The van der Waals surface area contributed by atoms with Crippen molar-refractivity contribution in [1.29, 1.82) is 0 Å². The number of fused-ring (bicyclic) bond motifs is 1. The molecule has 3 aromatic carbocycles. The largest absolute Gasteiger partial charge is 0.369 e. The Hall–Kier alpha value is -3.97. The lowest BCUT2D eigenvalue weighted by atomic mass is 10.0. The van der Waals surface area contributed by atoms with Crippen LogP contribution >= 0.6 is 0 Å². The van der Waals surface area contributed by atoms with Crippen LogP contribution in [0.5, 0.6) is 0 Å². The van der Waals surface area contributed by atoms with E-state index >= 15 is 0 Å². The topological polar surface area (TPSA) is 62.1 Å². The maximum Gasteiger partial charge on any atom is 0.229 e. The third kappa shape index (κ3) is 3.51. The zero-order valence-electron chi connectivity index (χ0n) is 19.7. The molecule has 7 heteroatoms. The minimum atomic E-state index is 0.138. The molecule has 0 amide bonds. The lowest BCUT2D eigenvalue weighted by Crippen LogP contribution is -2.44. The number of anilines is 3. The van der Waals surface area contributed by atoms with Crippen molar-refractivity contribution >= 4 is 39.1 Å². The van der Waals surface area contributed by atoms with Crippen molar-refractivity contribution in [2.75, 3.05) is 43.4 Å². The Morgan fingerprint density at radius 1 is 0.857 bits per heavy atom. The van der Waals surface area contributed by atoms with Gasteiger partial charge < -0.3 is 15.1 Å². The van der Waals surface area contributed by atoms with Crippen LogP contribution in [0.4, 0.5) is 17.3 Å². The first-order valence-electron chi connectivity index (χ1n) is 12.2. The third-order valence-electron chi connectivity index (χ3n) is 7.42. The number of rotatable bonds is 4. The number of nitrogens with one attached hydrogen (secondary N) is 1. The van der Waals surface area contributed by atoms with Crippen LogP contribution in [0.25, 0.3) is 21.8 Å². The van der Waals surface area contributed by atoms with Gasteiger partial charge in [-0.1, -0.05) is 36.4 Å². The fourth-order valence-corrected chi connectivity index (χ4v) is 5.51. The highest BCUT2D eigenvalue weighted by molar-refractivity contribution is 5.91. The molecule has 1 fully saturated rings. The lowest BCUT2D eigenvalue weighted by molar-refractivity contribution is 0.313. The summed E-state index contributed by atoms with van der Waals surface area (Å²) in [5.74, 6) is 0.584. The highest BCUT2D eigenvalue weighted by Crippen LogP contribution is 2.39. The Kier molecular flexibility index (Phi) is 4.70. The van der Waals surface area contributed by atoms with Crippen LogP contribution in [-0.2, 0) is 6.42 Å². The van der Waals surface area contributed by atoms with E-state index in [4.69, 9.17) is 10.1 Å². The van der Waals surface area contributed by atoms with Crippen molar-refractivity contribution in [1.82, 2.24) is 24.6 Å². The zero-order valence-corrected chi connectivity index (χ0v) is 19.7. The minimum Gasteiger partial charge on any atom is -0.369 e. The molecule has 1 atom stereocenters. The summed E-state index contributed by atoms with van der Waals surface area (Å²) in [6.45, 7) is 4.32. The second-order valence-electron chi connectivity index (χ2n) is 9.61. The molecule has 0 saturated carbocycles. The van der Waals surface area contributed by atoms with Gasteiger partial charge in [0.15, 0.2) is 5.65 Å². The van der Waals surface area contributed by atoms with Gasteiger partial charge in [0.05, 0.1) is 17.6 Å². The van der Waals surface area contributed by atoms with E-state index < -0.39 is 0 Å². The number of benzene rings is 3. The third-order valence-corrected chi connectivity index (χ3v) is 7.42. The minimum absolute atomic E-state index is 0.138. The van der Waals surface area contributed by atoms with E-state index in [-0.39, 0.29) is 6.04 Å². The Morgan fingerprint density at radius 3 is 2.49 bits per heavy atom. The molecule has 5 aromatic rings. The second kappa shape index (κ2) is 8.06. The fourth-order valence-electron chi connectivity index (χ4n) is 5.51.